The Hall–Kier alpha value is -2.31. The van der Waals surface area contributed by atoms with Gasteiger partial charge in [0.2, 0.25) is 0 Å². The molecule has 0 aliphatic heterocycles. The number of nitrogens with one attached hydrogen (secondary N) is 1. The molecule has 1 amide bonds. The maximum absolute atomic E-state index is 11.2. The summed E-state index contributed by atoms with van der Waals surface area (Å²) in [6.07, 6.45) is -0.457. The molecule has 0 unspecified atom stereocenters. The minimum absolute atomic E-state index is 0.316. The summed E-state index contributed by atoms with van der Waals surface area (Å²) in [4.78, 5) is 16.4. The topological polar surface area (TPSA) is 199 Å². The minimum atomic E-state index is -0.495. The number of carbonyl (C=O) groups is 1. The fraction of sp³-hybridized carbons (Fsp3) is 0.941. The zero-order valence-corrected chi connectivity index (χ0v) is 18.7. The Kier molecular flexibility index (Phi) is 23.9. The lowest BCUT2D eigenvalue weighted by Crippen LogP contribution is -2.34. The molecule has 14 heteroatoms. The third-order valence-corrected chi connectivity index (χ3v) is 2.72. The molecule has 14 nitrogen and oxygen atoms in total. The van der Waals surface area contributed by atoms with Crippen molar-refractivity contribution < 1.29 is 28.5 Å². The predicted molar refractivity (Wildman–Crippen MR) is 115 cm³/mol. The molecular weight excluding hydrogens is 412 g/mol. The second kappa shape index (κ2) is 24.0. The molecule has 0 heterocycles. The largest absolute Gasteiger partial charge is 0.444 e. The highest BCUT2D eigenvalue weighted by Crippen LogP contribution is 2.05. The molecule has 0 aromatic rings. The van der Waals surface area contributed by atoms with E-state index in [1.807, 2.05) is 0 Å². The molecule has 0 spiro atoms. The fourth-order valence-corrected chi connectivity index (χ4v) is 1.57. The predicted octanol–water partition coefficient (Wildman–Crippen LogP) is 2.14. The third-order valence-electron chi connectivity index (χ3n) is 2.72. The monoisotopic (exact) mass is 448 g/mol. The first-order valence-corrected chi connectivity index (χ1v) is 9.87. The van der Waals surface area contributed by atoms with Gasteiger partial charge in [-0.2, -0.15) is 0 Å². The molecule has 0 radical (unpaired) electrons. The van der Waals surface area contributed by atoms with Crippen molar-refractivity contribution in [2.24, 2.45) is 16.0 Å². The molecule has 0 rings (SSSR count). The average molecular weight is 449 g/mol. The lowest BCUT2D eigenvalue weighted by atomic mass is 10.2. The van der Waals surface area contributed by atoms with Gasteiger partial charge in [0, 0.05) is 36.0 Å². The van der Waals surface area contributed by atoms with E-state index >= 15 is 0 Å². The molecule has 0 aromatic heterocycles. The Morgan fingerprint density at radius 2 is 1.29 bits per heavy atom. The van der Waals surface area contributed by atoms with Crippen LogP contribution in [0.2, 0.25) is 0 Å². The van der Waals surface area contributed by atoms with Crippen LogP contribution in [-0.4, -0.2) is 90.7 Å². The van der Waals surface area contributed by atoms with Gasteiger partial charge in [0.25, 0.3) is 0 Å². The molecule has 0 bridgehead atoms. The van der Waals surface area contributed by atoms with Gasteiger partial charge in [-0.15, -0.1) is 0 Å². The summed E-state index contributed by atoms with van der Waals surface area (Å²) in [6, 6.07) is 0. The lowest BCUT2D eigenvalue weighted by Gasteiger charge is -2.19. The summed E-state index contributed by atoms with van der Waals surface area (Å²) in [5, 5.41) is 9.20. The second-order valence-corrected chi connectivity index (χ2v) is 6.58. The quantitative estimate of drug-likeness (QED) is 0.147. The standard InChI is InChI=1S/C11H22N4O4.C6H14N4O2/c1-11(2,3)19-10(16)13-4-6-17-8-9-18-7-5-14-15-12;7-1-3-11-5-6-12-4-2-9-10-8/h4-9H2,1-3H3,(H,13,16);1-7H2. The number of amides is 1. The fourth-order valence-electron chi connectivity index (χ4n) is 1.57. The Balaban J connectivity index is 0. The van der Waals surface area contributed by atoms with Gasteiger partial charge in [-0.1, -0.05) is 10.2 Å². The van der Waals surface area contributed by atoms with E-state index in [-0.39, 0.29) is 0 Å². The van der Waals surface area contributed by atoms with Crippen LogP contribution in [0.4, 0.5) is 4.79 Å². The molecule has 0 aliphatic carbocycles. The third kappa shape index (κ3) is 32.6. The van der Waals surface area contributed by atoms with E-state index in [0.29, 0.717) is 79.0 Å². The summed E-state index contributed by atoms with van der Waals surface area (Å²) < 4.78 is 25.5. The summed E-state index contributed by atoms with van der Waals surface area (Å²) >= 11 is 0. The first-order valence-electron chi connectivity index (χ1n) is 9.87. The van der Waals surface area contributed by atoms with Gasteiger partial charge in [0.05, 0.1) is 52.9 Å². The molecule has 0 saturated carbocycles. The van der Waals surface area contributed by atoms with Gasteiger partial charge in [-0.25, -0.2) is 4.79 Å². The van der Waals surface area contributed by atoms with Crippen LogP contribution in [0, 0.1) is 0 Å². The SMILES string of the molecule is CC(C)(C)OC(=O)NCCOCCOCCN=[N+]=[N-].[N-]=[N+]=NCCOCCOCCN. The van der Waals surface area contributed by atoms with E-state index in [1.165, 1.54) is 0 Å². The molecule has 31 heavy (non-hydrogen) atoms. The van der Waals surface area contributed by atoms with Crippen molar-refractivity contribution in [3.8, 4) is 0 Å². The number of rotatable bonds is 17. The zero-order valence-electron chi connectivity index (χ0n) is 18.7. The number of hydrogen-bond donors (Lipinski definition) is 2. The van der Waals surface area contributed by atoms with Gasteiger partial charge in [0.1, 0.15) is 5.60 Å². The Morgan fingerprint density at radius 3 is 1.71 bits per heavy atom. The highest BCUT2D eigenvalue weighted by molar-refractivity contribution is 5.67. The first-order chi connectivity index (χ1) is 14.9. The number of carbonyl (C=O) groups excluding carboxylic acids is 1. The molecule has 180 valence electrons. The molecular formula is C17H36N8O6. The summed E-state index contributed by atoms with van der Waals surface area (Å²) in [7, 11) is 0. The van der Waals surface area contributed by atoms with E-state index in [1.54, 1.807) is 20.8 Å². The molecule has 0 aromatic carbocycles. The van der Waals surface area contributed by atoms with E-state index in [0.717, 1.165) is 0 Å². The molecule has 0 atom stereocenters. The van der Waals surface area contributed by atoms with Crippen LogP contribution in [0.3, 0.4) is 0 Å². The van der Waals surface area contributed by atoms with Crippen LogP contribution < -0.4 is 11.1 Å². The van der Waals surface area contributed by atoms with Gasteiger partial charge in [-0.05, 0) is 31.8 Å². The van der Waals surface area contributed by atoms with Crippen LogP contribution >= 0.6 is 0 Å². The number of alkyl carbamates (subject to hydrolysis) is 1. The first kappa shape index (κ1) is 30.9. The number of ether oxygens (including phenoxy) is 5. The molecule has 0 aliphatic rings. The van der Waals surface area contributed by atoms with Crippen molar-refractivity contribution in [2.75, 3.05) is 79.0 Å². The average Bonchev–Trinajstić information content (AvgIpc) is 2.70. The smallest absolute Gasteiger partial charge is 0.407 e. The van der Waals surface area contributed by atoms with Gasteiger partial charge in [-0.3, -0.25) is 0 Å². The Bertz CT molecular complexity index is 519. The van der Waals surface area contributed by atoms with Crippen molar-refractivity contribution in [1.29, 1.82) is 0 Å². The van der Waals surface area contributed by atoms with Gasteiger partial charge < -0.3 is 34.7 Å². The Morgan fingerprint density at radius 1 is 0.839 bits per heavy atom. The number of azide groups is 2. The summed E-state index contributed by atoms with van der Waals surface area (Å²) in [5.41, 5.74) is 20.6. The summed E-state index contributed by atoms with van der Waals surface area (Å²) in [6.45, 7) is 10.7. The number of nitrogens with zero attached hydrogens (tertiary/aromatic N) is 6. The number of hydrogen-bond acceptors (Lipinski definition) is 9. The van der Waals surface area contributed by atoms with E-state index < -0.39 is 11.7 Å². The van der Waals surface area contributed by atoms with Gasteiger partial charge in [0.15, 0.2) is 0 Å². The second-order valence-electron chi connectivity index (χ2n) is 6.58. The van der Waals surface area contributed by atoms with Crippen LogP contribution in [0.5, 0.6) is 0 Å². The number of nitrogens with two attached hydrogens (primary N) is 1. The Labute approximate surface area is 182 Å². The zero-order chi connectivity index (χ0) is 23.6. The maximum Gasteiger partial charge on any atom is 0.407 e. The van der Waals surface area contributed by atoms with Gasteiger partial charge >= 0.3 is 6.09 Å². The normalized spacial score (nSPS) is 10.2. The van der Waals surface area contributed by atoms with Crippen molar-refractivity contribution in [3.05, 3.63) is 20.9 Å². The van der Waals surface area contributed by atoms with Crippen molar-refractivity contribution in [2.45, 2.75) is 26.4 Å². The van der Waals surface area contributed by atoms with Crippen molar-refractivity contribution in [1.82, 2.24) is 5.32 Å². The van der Waals surface area contributed by atoms with Crippen LogP contribution in [-0.2, 0) is 23.7 Å². The van der Waals surface area contributed by atoms with E-state index in [4.69, 9.17) is 40.5 Å². The highest BCUT2D eigenvalue weighted by atomic mass is 16.6. The minimum Gasteiger partial charge on any atom is -0.444 e. The van der Waals surface area contributed by atoms with Crippen LogP contribution in [0.1, 0.15) is 20.8 Å². The highest BCUT2D eigenvalue weighted by Gasteiger charge is 2.15. The molecule has 0 saturated heterocycles. The van der Waals surface area contributed by atoms with Crippen LogP contribution in [0.15, 0.2) is 10.2 Å². The van der Waals surface area contributed by atoms with Crippen LogP contribution in [0.25, 0.3) is 20.9 Å². The molecule has 3 N–H and O–H groups in total. The molecule has 0 fully saturated rings. The van der Waals surface area contributed by atoms with Crippen molar-refractivity contribution in [3.63, 3.8) is 0 Å². The van der Waals surface area contributed by atoms with Crippen molar-refractivity contribution >= 4 is 6.09 Å². The van der Waals surface area contributed by atoms with E-state index in [2.05, 4.69) is 25.4 Å². The summed E-state index contributed by atoms with van der Waals surface area (Å²) in [5.74, 6) is 0. The lowest BCUT2D eigenvalue weighted by molar-refractivity contribution is 0.0412. The maximum atomic E-state index is 11.2. The van der Waals surface area contributed by atoms with E-state index in [9.17, 15) is 4.79 Å².